The van der Waals surface area contributed by atoms with Gasteiger partial charge in [0, 0.05) is 6.92 Å². The second-order valence-corrected chi connectivity index (χ2v) is 10.2. The summed E-state index contributed by atoms with van der Waals surface area (Å²) in [6, 6.07) is 19.3. The number of carbonyl (C=O) groups is 1. The van der Waals surface area contributed by atoms with E-state index < -0.39 is 31.9 Å². The molecule has 0 saturated heterocycles. The number of hydrogen-bond acceptors (Lipinski definition) is 8. The van der Waals surface area contributed by atoms with Crippen LogP contribution in [0.5, 0.6) is 0 Å². The van der Waals surface area contributed by atoms with Gasteiger partial charge in [-0.1, -0.05) is 60.7 Å². The van der Waals surface area contributed by atoms with Crippen LogP contribution in [0.15, 0.2) is 71.7 Å². The zero-order valence-electron chi connectivity index (χ0n) is 21.3. The molecule has 2 aromatic rings. The van der Waals surface area contributed by atoms with Crippen molar-refractivity contribution in [2.45, 2.75) is 59.2 Å². The third-order valence-electron chi connectivity index (χ3n) is 5.43. The third kappa shape index (κ3) is 7.59. The summed E-state index contributed by atoms with van der Waals surface area (Å²) in [5, 5.41) is 0.152. The average molecular weight is 519 g/mol. The number of rotatable bonds is 13. The summed E-state index contributed by atoms with van der Waals surface area (Å²) in [5.74, 6) is -0.482. The standard InChI is InChI=1S/C27H35O8P/c1-5-32-36(29,33-6-2)27-20(3)34-24(19-30-17-22-13-9-7-10-14-22)25(26(27)35-21(4)28)31-18-23-15-11-8-12-16-23/h7-16,20,24-25H,5-6,17-19H2,1-4H3/t20-,24+,25+/m0/s1. The number of ether oxygens (including phenoxy) is 4. The highest BCUT2D eigenvalue weighted by molar-refractivity contribution is 7.58. The van der Waals surface area contributed by atoms with E-state index in [1.807, 2.05) is 60.7 Å². The second kappa shape index (κ2) is 13.8. The summed E-state index contributed by atoms with van der Waals surface area (Å²) >= 11 is 0. The van der Waals surface area contributed by atoms with Crippen molar-refractivity contribution in [3.05, 3.63) is 82.9 Å². The summed E-state index contributed by atoms with van der Waals surface area (Å²) in [4.78, 5) is 12.2. The number of hydrogen-bond donors (Lipinski definition) is 0. The largest absolute Gasteiger partial charge is 0.428 e. The normalized spacial score (nSPS) is 20.4. The Balaban J connectivity index is 1.96. The molecule has 196 valence electrons. The van der Waals surface area contributed by atoms with Crippen LogP contribution in [-0.2, 0) is 50.6 Å². The van der Waals surface area contributed by atoms with Gasteiger partial charge in [-0.3, -0.25) is 9.36 Å². The quantitative estimate of drug-likeness (QED) is 0.250. The average Bonchev–Trinajstić information content (AvgIpc) is 2.85. The Labute approximate surface area is 213 Å². The van der Waals surface area contributed by atoms with Gasteiger partial charge in [0.25, 0.3) is 0 Å². The van der Waals surface area contributed by atoms with E-state index in [4.69, 9.17) is 28.0 Å². The molecule has 9 heteroatoms. The van der Waals surface area contributed by atoms with E-state index in [0.29, 0.717) is 6.61 Å². The first-order valence-corrected chi connectivity index (χ1v) is 13.7. The molecule has 0 radical (unpaired) electrons. The zero-order valence-corrected chi connectivity index (χ0v) is 22.1. The maximum atomic E-state index is 13.8. The molecule has 8 nitrogen and oxygen atoms in total. The first kappa shape index (κ1) is 28.3. The van der Waals surface area contributed by atoms with Crippen LogP contribution in [-0.4, -0.2) is 44.1 Å². The van der Waals surface area contributed by atoms with E-state index >= 15 is 0 Å². The van der Waals surface area contributed by atoms with E-state index in [0.717, 1.165) is 11.1 Å². The van der Waals surface area contributed by atoms with Crippen LogP contribution in [0.1, 0.15) is 38.8 Å². The molecule has 0 fully saturated rings. The van der Waals surface area contributed by atoms with Crippen molar-refractivity contribution >= 4 is 13.6 Å². The summed E-state index contributed by atoms with van der Waals surface area (Å²) < 4.78 is 49.2. The van der Waals surface area contributed by atoms with Gasteiger partial charge in [0.2, 0.25) is 0 Å². The molecule has 0 bridgehead atoms. The van der Waals surface area contributed by atoms with Crippen molar-refractivity contribution in [2.24, 2.45) is 0 Å². The molecular formula is C27H35O8P. The first-order chi connectivity index (χ1) is 17.4. The van der Waals surface area contributed by atoms with Crippen molar-refractivity contribution in [1.29, 1.82) is 0 Å². The highest BCUT2D eigenvalue weighted by Gasteiger charge is 2.47. The molecule has 0 aliphatic carbocycles. The van der Waals surface area contributed by atoms with Gasteiger partial charge in [0.1, 0.15) is 17.5 Å². The highest BCUT2D eigenvalue weighted by Crippen LogP contribution is 2.60. The molecule has 3 atom stereocenters. The highest BCUT2D eigenvalue weighted by atomic mass is 31.2. The first-order valence-electron chi connectivity index (χ1n) is 12.1. The smallest absolute Gasteiger partial charge is 0.363 e. The predicted octanol–water partition coefficient (Wildman–Crippen LogP) is 5.62. The summed E-state index contributed by atoms with van der Waals surface area (Å²) in [6.45, 7) is 7.46. The molecule has 1 heterocycles. The molecule has 3 rings (SSSR count). The van der Waals surface area contributed by atoms with Crippen LogP contribution in [0, 0.1) is 0 Å². The minimum atomic E-state index is -3.84. The van der Waals surface area contributed by atoms with Crippen molar-refractivity contribution in [1.82, 2.24) is 0 Å². The summed E-state index contributed by atoms with van der Waals surface area (Å²) in [6.07, 6.45) is -2.25. The predicted molar refractivity (Wildman–Crippen MR) is 135 cm³/mol. The fourth-order valence-electron chi connectivity index (χ4n) is 3.99. The molecule has 2 aromatic carbocycles. The van der Waals surface area contributed by atoms with E-state index in [2.05, 4.69) is 0 Å². The Hall–Kier alpha value is -2.32. The van der Waals surface area contributed by atoms with Crippen LogP contribution in [0.2, 0.25) is 0 Å². The van der Waals surface area contributed by atoms with Crippen molar-refractivity contribution in [3.63, 3.8) is 0 Å². The van der Waals surface area contributed by atoms with Gasteiger partial charge < -0.3 is 28.0 Å². The van der Waals surface area contributed by atoms with Crippen LogP contribution < -0.4 is 0 Å². The Morgan fingerprint density at radius 2 is 1.47 bits per heavy atom. The number of benzene rings is 2. The maximum absolute atomic E-state index is 13.8. The molecular weight excluding hydrogens is 483 g/mol. The topological polar surface area (TPSA) is 89.5 Å². The zero-order chi connectivity index (χ0) is 26.0. The van der Waals surface area contributed by atoms with E-state index in [1.165, 1.54) is 6.92 Å². The number of esters is 1. The molecule has 0 saturated carbocycles. The van der Waals surface area contributed by atoms with Gasteiger partial charge in [-0.2, -0.15) is 0 Å². The van der Waals surface area contributed by atoms with E-state index in [9.17, 15) is 9.36 Å². The second-order valence-electron chi connectivity index (χ2n) is 8.21. The third-order valence-corrected chi connectivity index (χ3v) is 7.80. The molecule has 0 unspecified atom stereocenters. The minimum Gasteiger partial charge on any atom is -0.428 e. The van der Waals surface area contributed by atoms with Gasteiger partial charge in [-0.05, 0) is 31.9 Å². The summed E-state index contributed by atoms with van der Waals surface area (Å²) in [7, 11) is -3.84. The lowest BCUT2D eigenvalue weighted by atomic mass is 10.1. The van der Waals surface area contributed by atoms with Gasteiger partial charge in [-0.25, -0.2) is 0 Å². The monoisotopic (exact) mass is 518 g/mol. The Morgan fingerprint density at radius 3 is 2.00 bits per heavy atom. The van der Waals surface area contributed by atoms with Crippen LogP contribution >= 0.6 is 7.60 Å². The molecule has 36 heavy (non-hydrogen) atoms. The van der Waals surface area contributed by atoms with Crippen LogP contribution in [0.4, 0.5) is 0 Å². The molecule has 0 aromatic heterocycles. The SMILES string of the molecule is CCOP(=O)(OCC)C1=C(OC(C)=O)[C@H](OCc2ccccc2)[C@@H](COCc2ccccc2)O[C@H]1C. The van der Waals surface area contributed by atoms with Crippen molar-refractivity contribution < 1.29 is 37.4 Å². The Morgan fingerprint density at radius 1 is 0.917 bits per heavy atom. The Kier molecular flexibility index (Phi) is 10.9. The molecule has 1 aliphatic rings. The lowest BCUT2D eigenvalue weighted by molar-refractivity contribution is -0.155. The van der Waals surface area contributed by atoms with E-state index in [1.54, 1.807) is 20.8 Å². The lowest BCUT2D eigenvalue weighted by Gasteiger charge is -2.39. The van der Waals surface area contributed by atoms with Crippen LogP contribution in [0.25, 0.3) is 0 Å². The molecule has 1 aliphatic heterocycles. The number of carbonyl (C=O) groups excluding carboxylic acids is 1. The van der Waals surface area contributed by atoms with Crippen molar-refractivity contribution in [3.8, 4) is 0 Å². The maximum Gasteiger partial charge on any atom is 0.363 e. The molecule has 0 amide bonds. The van der Waals surface area contributed by atoms with Gasteiger partial charge in [-0.15, -0.1) is 0 Å². The molecule has 0 spiro atoms. The fourth-order valence-corrected chi connectivity index (χ4v) is 5.97. The molecule has 0 N–H and O–H groups in total. The lowest BCUT2D eigenvalue weighted by Crippen LogP contribution is -2.45. The van der Waals surface area contributed by atoms with Gasteiger partial charge in [0.15, 0.2) is 5.76 Å². The van der Waals surface area contributed by atoms with E-state index in [-0.39, 0.29) is 37.5 Å². The van der Waals surface area contributed by atoms with Gasteiger partial charge in [0.05, 0.1) is 39.1 Å². The van der Waals surface area contributed by atoms with Crippen LogP contribution in [0.3, 0.4) is 0 Å². The minimum absolute atomic E-state index is 0.0933. The Bertz CT molecular complexity index is 1030. The van der Waals surface area contributed by atoms with Gasteiger partial charge >= 0.3 is 13.6 Å². The fraction of sp³-hybridized carbons (Fsp3) is 0.444. The van der Waals surface area contributed by atoms with Crippen molar-refractivity contribution in [2.75, 3.05) is 19.8 Å². The summed E-state index contributed by atoms with van der Waals surface area (Å²) in [5.41, 5.74) is 1.93.